The quantitative estimate of drug-likeness (QED) is 0.292. The molecular formula is C23H21F6N5OS. The van der Waals surface area contributed by atoms with E-state index >= 15 is 4.39 Å². The number of carbonyl (C=O) groups excluding carboxylic acids is 1. The van der Waals surface area contributed by atoms with Gasteiger partial charge in [-0.3, -0.25) is 9.20 Å². The second-order valence-electron chi connectivity index (χ2n) is 8.91. The molecule has 0 saturated carbocycles. The monoisotopic (exact) mass is 529 g/mol. The van der Waals surface area contributed by atoms with Crippen LogP contribution in [-0.2, 0) is 0 Å². The molecule has 1 atom stereocenters. The summed E-state index contributed by atoms with van der Waals surface area (Å²) in [6.07, 6.45) is 3.14. The molecule has 192 valence electrons. The lowest BCUT2D eigenvalue weighted by Crippen LogP contribution is -2.39. The molecule has 1 saturated heterocycles. The summed E-state index contributed by atoms with van der Waals surface area (Å²) in [5.74, 6) is -1.35. The number of imidazole rings is 1. The molecule has 0 unspecified atom stereocenters. The molecule has 3 heterocycles. The van der Waals surface area contributed by atoms with Crippen LogP contribution in [0, 0.1) is 12.7 Å². The first-order valence-electron chi connectivity index (χ1n) is 11.0. The van der Waals surface area contributed by atoms with Crippen LogP contribution >= 0.6 is 10.2 Å². The van der Waals surface area contributed by atoms with Gasteiger partial charge in [-0.25, -0.2) is 14.4 Å². The Kier molecular flexibility index (Phi) is 4.90. The molecule has 2 N–H and O–H groups in total. The van der Waals surface area contributed by atoms with E-state index in [-0.39, 0.29) is 29.0 Å². The molecule has 36 heavy (non-hydrogen) atoms. The van der Waals surface area contributed by atoms with Crippen LogP contribution in [0.2, 0.25) is 0 Å². The van der Waals surface area contributed by atoms with Gasteiger partial charge in [-0.1, -0.05) is 31.6 Å². The number of nitrogens with zero attached hydrogens (tertiary/aromatic N) is 4. The smallest absolute Gasteiger partial charge is 0.310 e. The van der Waals surface area contributed by atoms with Gasteiger partial charge < -0.3 is 10.6 Å². The maximum atomic E-state index is 15.1. The Labute approximate surface area is 201 Å². The average molecular weight is 530 g/mol. The number of aryl methyl sites for hydroxylation is 1. The SMILES string of the molecule is Cc1ncn2c1c(N)nc1cc(F)c(C(=O)N3CCCC[C@@H]3c3ccc(S(F)(F)(F)(F)F)cc3)cc12. The fourth-order valence-electron chi connectivity index (χ4n) is 4.73. The molecule has 5 rings (SSSR count). The maximum Gasteiger partial charge on any atom is 0.310 e. The van der Waals surface area contributed by atoms with E-state index in [0.29, 0.717) is 48.1 Å². The number of nitrogens with two attached hydrogens (primary N) is 1. The second-order valence-corrected chi connectivity index (χ2v) is 11.3. The second kappa shape index (κ2) is 7.28. The molecule has 1 aliphatic rings. The molecule has 2 aromatic carbocycles. The van der Waals surface area contributed by atoms with Gasteiger partial charge in [-0.05, 0) is 49.9 Å². The summed E-state index contributed by atoms with van der Waals surface area (Å²) in [5.41, 5.74) is 7.73. The number of carbonyl (C=O) groups is 1. The number of piperidine rings is 1. The predicted octanol–water partition coefficient (Wildman–Crippen LogP) is 6.94. The van der Waals surface area contributed by atoms with Crippen LogP contribution in [0.15, 0.2) is 47.6 Å². The van der Waals surface area contributed by atoms with Crippen LogP contribution in [0.3, 0.4) is 0 Å². The minimum absolute atomic E-state index is 0.155. The Balaban J connectivity index is 1.55. The minimum atomic E-state index is -9.82. The third kappa shape index (κ3) is 4.10. The predicted molar refractivity (Wildman–Crippen MR) is 125 cm³/mol. The Morgan fingerprint density at radius 1 is 1.08 bits per heavy atom. The molecule has 1 fully saturated rings. The number of likely N-dealkylation sites (tertiary alicyclic amines) is 1. The van der Waals surface area contributed by atoms with Gasteiger partial charge in [0.2, 0.25) is 0 Å². The highest BCUT2D eigenvalue weighted by Crippen LogP contribution is 3.02. The van der Waals surface area contributed by atoms with Crippen molar-refractivity contribution in [2.75, 3.05) is 12.3 Å². The molecule has 2 aromatic heterocycles. The first kappa shape index (κ1) is 24.2. The van der Waals surface area contributed by atoms with E-state index in [1.54, 1.807) is 11.3 Å². The summed E-state index contributed by atoms with van der Waals surface area (Å²) in [4.78, 5) is 21.3. The Morgan fingerprint density at radius 2 is 1.78 bits per heavy atom. The number of rotatable bonds is 3. The van der Waals surface area contributed by atoms with Crippen LogP contribution in [0.5, 0.6) is 0 Å². The number of aromatic nitrogens is 3. The lowest BCUT2D eigenvalue weighted by Gasteiger charge is -2.41. The molecule has 0 spiro atoms. The number of anilines is 1. The topological polar surface area (TPSA) is 76.5 Å². The summed E-state index contributed by atoms with van der Waals surface area (Å²) < 4.78 is 82.4. The minimum Gasteiger partial charge on any atom is -0.382 e. The highest BCUT2D eigenvalue weighted by molar-refractivity contribution is 8.45. The zero-order valence-corrected chi connectivity index (χ0v) is 19.7. The summed E-state index contributed by atoms with van der Waals surface area (Å²) in [5, 5.41) is 0. The van der Waals surface area contributed by atoms with E-state index < -0.39 is 32.9 Å². The first-order chi connectivity index (χ1) is 16.6. The van der Waals surface area contributed by atoms with Crippen molar-refractivity contribution in [2.45, 2.75) is 37.1 Å². The van der Waals surface area contributed by atoms with E-state index in [0.717, 1.165) is 18.2 Å². The Bertz CT molecular complexity index is 1540. The van der Waals surface area contributed by atoms with Gasteiger partial charge in [0.05, 0.1) is 28.3 Å². The fourth-order valence-corrected chi connectivity index (χ4v) is 5.38. The normalized spacial score (nSPS) is 18.9. The summed E-state index contributed by atoms with van der Waals surface area (Å²) in [6.45, 7) is 1.96. The first-order valence-corrected chi connectivity index (χ1v) is 13.0. The lowest BCUT2D eigenvalue weighted by molar-refractivity contribution is 0.0606. The number of halogens is 6. The number of fused-ring (bicyclic) bond motifs is 3. The van der Waals surface area contributed by atoms with Crippen molar-refractivity contribution in [2.24, 2.45) is 0 Å². The number of hydrogen-bond acceptors (Lipinski definition) is 4. The van der Waals surface area contributed by atoms with Crippen molar-refractivity contribution in [3.63, 3.8) is 0 Å². The van der Waals surface area contributed by atoms with E-state index in [1.807, 2.05) is 0 Å². The molecular weight excluding hydrogens is 508 g/mol. The summed E-state index contributed by atoms with van der Waals surface area (Å²) in [6, 6.07) is 4.30. The third-order valence-corrected chi connectivity index (χ3v) is 7.63. The fraction of sp³-hybridized carbons (Fsp3) is 0.261. The van der Waals surface area contributed by atoms with Gasteiger partial charge in [0.1, 0.15) is 28.4 Å². The molecule has 0 radical (unpaired) electrons. The zero-order valence-electron chi connectivity index (χ0n) is 18.9. The number of benzene rings is 2. The molecule has 4 aromatic rings. The Hall–Kier alpha value is -3.48. The largest absolute Gasteiger partial charge is 0.382 e. The van der Waals surface area contributed by atoms with E-state index in [9.17, 15) is 24.2 Å². The molecule has 6 nitrogen and oxygen atoms in total. The van der Waals surface area contributed by atoms with E-state index in [1.165, 1.54) is 17.3 Å². The van der Waals surface area contributed by atoms with Gasteiger partial charge in [0.25, 0.3) is 5.91 Å². The van der Waals surface area contributed by atoms with Crippen LogP contribution in [0.25, 0.3) is 16.6 Å². The number of hydrogen-bond donors (Lipinski definition) is 1. The highest BCUT2D eigenvalue weighted by Gasteiger charge is 2.65. The van der Waals surface area contributed by atoms with Crippen LogP contribution in [0.4, 0.5) is 29.6 Å². The number of nitrogen functional groups attached to an aromatic ring is 1. The van der Waals surface area contributed by atoms with Crippen LogP contribution in [-0.4, -0.2) is 31.7 Å². The van der Waals surface area contributed by atoms with E-state index in [4.69, 9.17) is 5.73 Å². The summed E-state index contributed by atoms with van der Waals surface area (Å²) >= 11 is 0. The Morgan fingerprint density at radius 3 is 2.44 bits per heavy atom. The van der Waals surface area contributed by atoms with E-state index in [2.05, 4.69) is 9.97 Å². The maximum absolute atomic E-state index is 15.1. The van der Waals surface area contributed by atoms with Crippen LogP contribution < -0.4 is 5.73 Å². The highest BCUT2D eigenvalue weighted by atomic mass is 32.5. The van der Waals surface area contributed by atoms with Crippen molar-refractivity contribution in [3.8, 4) is 0 Å². The number of amides is 1. The van der Waals surface area contributed by atoms with Gasteiger partial charge in [0.15, 0.2) is 0 Å². The van der Waals surface area contributed by atoms with Crippen LogP contribution in [0.1, 0.15) is 46.9 Å². The van der Waals surface area contributed by atoms with Crippen molar-refractivity contribution in [1.82, 2.24) is 19.3 Å². The molecule has 0 bridgehead atoms. The van der Waals surface area contributed by atoms with Gasteiger partial charge in [-0.15, -0.1) is 0 Å². The lowest BCUT2D eigenvalue weighted by atomic mass is 9.94. The zero-order chi connectivity index (χ0) is 26.1. The molecule has 13 heteroatoms. The summed E-state index contributed by atoms with van der Waals surface area (Å²) in [7, 11) is -9.82. The van der Waals surface area contributed by atoms with Crippen molar-refractivity contribution in [1.29, 1.82) is 0 Å². The standard InChI is InChI=1S/C23H21F6N5OS/c1-13-21-22(30)32-18-11-17(24)16(10-20(18)34(21)12-31-13)23(35)33-9-3-2-4-19(33)14-5-7-15(8-6-14)36(25,26,27,28)29/h5-8,10-12,19H,2-4,9H2,1H3,(H2,30,32)/t19-/m1/s1. The molecule has 1 amide bonds. The third-order valence-electron chi connectivity index (χ3n) is 6.46. The molecule has 0 aliphatic carbocycles. The van der Waals surface area contributed by atoms with Crippen molar-refractivity contribution >= 4 is 38.5 Å². The van der Waals surface area contributed by atoms with Gasteiger partial charge in [0, 0.05) is 12.6 Å². The van der Waals surface area contributed by atoms with Crippen molar-refractivity contribution < 1.29 is 28.6 Å². The van der Waals surface area contributed by atoms with Gasteiger partial charge in [-0.2, -0.15) is 0 Å². The average Bonchev–Trinajstić information content (AvgIpc) is 3.19. The molecule has 1 aliphatic heterocycles. The van der Waals surface area contributed by atoms with Crippen molar-refractivity contribution in [3.05, 3.63) is 65.4 Å². The van der Waals surface area contributed by atoms with Gasteiger partial charge >= 0.3 is 10.2 Å².